The number of nitrogens with zero attached hydrogens (tertiary/aromatic N) is 1. The molecule has 0 fully saturated rings. The van der Waals surface area contributed by atoms with E-state index < -0.39 is 0 Å². The molecular formula is C3H2I2NS-. The first-order chi connectivity index (χ1) is 3.43. The van der Waals surface area contributed by atoms with Gasteiger partial charge >= 0.3 is 66.8 Å². The van der Waals surface area contributed by atoms with Crippen LogP contribution in [0.5, 0.6) is 0 Å². The van der Waals surface area contributed by atoms with Crippen molar-refractivity contribution >= 4 is 30.0 Å². The van der Waals surface area contributed by atoms with Crippen LogP contribution in [0.15, 0.2) is 11.7 Å². The summed E-state index contributed by atoms with van der Waals surface area (Å²) in [4.78, 5) is 3.93. The summed E-state index contributed by atoms with van der Waals surface area (Å²) in [5.74, 6) is 0. The monoisotopic (exact) mass is 338 g/mol. The van der Waals surface area contributed by atoms with Gasteiger partial charge in [0, 0.05) is 0 Å². The zero-order valence-electron chi connectivity index (χ0n) is 3.27. The Balaban J connectivity index is 2.76. The second-order valence-electron chi connectivity index (χ2n) is 0.877. The molecule has 40 valence electrons. The minimum atomic E-state index is 0.273. The Kier molecular flexibility index (Phi) is 2.82. The van der Waals surface area contributed by atoms with Crippen molar-refractivity contribution in [3.8, 4) is 0 Å². The molecular weight excluding hydrogens is 336 g/mol. The van der Waals surface area contributed by atoms with Gasteiger partial charge in [-0.2, -0.15) is 0 Å². The van der Waals surface area contributed by atoms with Crippen molar-refractivity contribution in [2.45, 2.75) is 0 Å². The SMILES string of the molecule is I[I-]c1cncs1. The molecule has 0 aliphatic carbocycles. The van der Waals surface area contributed by atoms with E-state index in [2.05, 4.69) is 23.6 Å². The van der Waals surface area contributed by atoms with Crippen LogP contribution < -0.4 is 17.2 Å². The summed E-state index contributed by atoms with van der Waals surface area (Å²) in [5, 5.41) is 0. The van der Waals surface area contributed by atoms with E-state index in [1.165, 1.54) is 2.88 Å². The summed E-state index contributed by atoms with van der Waals surface area (Å²) in [5.41, 5.74) is 1.88. The molecule has 0 N–H and O–H groups in total. The van der Waals surface area contributed by atoms with Gasteiger partial charge in [-0.15, -0.1) is 0 Å². The van der Waals surface area contributed by atoms with E-state index in [0.29, 0.717) is 0 Å². The van der Waals surface area contributed by atoms with Crippen molar-refractivity contribution in [1.29, 1.82) is 0 Å². The van der Waals surface area contributed by atoms with Gasteiger partial charge < -0.3 is 0 Å². The van der Waals surface area contributed by atoms with Crippen molar-refractivity contribution in [2.24, 2.45) is 0 Å². The van der Waals surface area contributed by atoms with Crippen molar-refractivity contribution < 1.29 is 17.2 Å². The molecule has 0 aromatic carbocycles. The zero-order valence-corrected chi connectivity index (χ0v) is 8.40. The van der Waals surface area contributed by atoms with E-state index in [1.54, 1.807) is 11.3 Å². The zero-order chi connectivity index (χ0) is 5.11. The van der Waals surface area contributed by atoms with Crippen molar-refractivity contribution in [3.05, 3.63) is 14.6 Å². The van der Waals surface area contributed by atoms with Crippen LogP contribution in [0, 0.1) is 2.88 Å². The van der Waals surface area contributed by atoms with Crippen LogP contribution in [0.1, 0.15) is 0 Å². The molecule has 1 rings (SSSR count). The fourth-order valence-corrected chi connectivity index (χ4v) is 4.15. The fraction of sp³-hybridized carbons (Fsp3) is 0. The Morgan fingerprint density at radius 1 is 1.86 bits per heavy atom. The molecule has 0 bridgehead atoms. The summed E-state index contributed by atoms with van der Waals surface area (Å²) >= 11 is 4.46. The molecule has 0 atom stereocenters. The third-order valence-electron chi connectivity index (χ3n) is 0.473. The molecule has 0 aliphatic rings. The molecule has 1 heterocycles. The Hall–Kier alpha value is 1.09. The first-order valence-electron chi connectivity index (χ1n) is 1.58. The molecule has 0 amide bonds. The molecule has 4 heteroatoms. The molecule has 1 aromatic heterocycles. The normalized spacial score (nSPS) is 9.86. The van der Waals surface area contributed by atoms with Gasteiger partial charge in [0.1, 0.15) is 0 Å². The van der Waals surface area contributed by atoms with Crippen LogP contribution in [0.4, 0.5) is 0 Å². The van der Waals surface area contributed by atoms with Crippen LogP contribution >= 0.6 is 30.0 Å². The van der Waals surface area contributed by atoms with E-state index in [0.717, 1.165) is 0 Å². The van der Waals surface area contributed by atoms with E-state index in [-0.39, 0.29) is 17.2 Å². The van der Waals surface area contributed by atoms with Gasteiger partial charge in [0.15, 0.2) is 0 Å². The maximum absolute atomic E-state index is 3.93. The second kappa shape index (κ2) is 3.18. The third kappa shape index (κ3) is 1.80. The van der Waals surface area contributed by atoms with Crippen molar-refractivity contribution in [3.63, 3.8) is 0 Å². The number of aromatic nitrogens is 1. The van der Waals surface area contributed by atoms with Gasteiger partial charge in [-0.25, -0.2) is 0 Å². The topological polar surface area (TPSA) is 12.9 Å². The van der Waals surface area contributed by atoms with Gasteiger partial charge in [-0.1, -0.05) is 0 Å². The van der Waals surface area contributed by atoms with Crippen LogP contribution in [0.2, 0.25) is 0 Å². The Labute approximate surface area is 66.0 Å². The Bertz CT molecular complexity index is 127. The van der Waals surface area contributed by atoms with Crippen molar-refractivity contribution in [2.75, 3.05) is 0 Å². The number of rotatable bonds is 1. The predicted octanol–water partition coefficient (Wildman–Crippen LogP) is -1.25. The number of halogens is 2. The summed E-state index contributed by atoms with van der Waals surface area (Å²) in [6.07, 6.45) is 1.95. The fourth-order valence-electron chi connectivity index (χ4n) is 0.236. The van der Waals surface area contributed by atoms with Gasteiger partial charge in [0.25, 0.3) is 0 Å². The predicted molar refractivity (Wildman–Crippen MR) is 34.8 cm³/mol. The van der Waals surface area contributed by atoms with E-state index in [1.807, 2.05) is 11.7 Å². The quantitative estimate of drug-likeness (QED) is 0.584. The van der Waals surface area contributed by atoms with Crippen LogP contribution in [-0.4, -0.2) is 4.98 Å². The Morgan fingerprint density at radius 2 is 2.71 bits per heavy atom. The van der Waals surface area contributed by atoms with Gasteiger partial charge in [0.2, 0.25) is 0 Å². The molecule has 0 radical (unpaired) electrons. The summed E-state index contributed by atoms with van der Waals surface area (Å²) in [6, 6.07) is 0. The van der Waals surface area contributed by atoms with Crippen LogP contribution in [-0.2, 0) is 0 Å². The number of thiazole rings is 1. The summed E-state index contributed by atoms with van der Waals surface area (Å²) in [6.45, 7) is 0. The van der Waals surface area contributed by atoms with Gasteiger partial charge in [-0.05, 0) is 0 Å². The molecule has 1 aromatic rings. The van der Waals surface area contributed by atoms with E-state index in [9.17, 15) is 0 Å². The van der Waals surface area contributed by atoms with Crippen molar-refractivity contribution in [1.82, 2.24) is 4.98 Å². The molecule has 0 unspecified atom stereocenters. The molecule has 0 spiro atoms. The third-order valence-corrected chi connectivity index (χ3v) is 7.79. The molecule has 1 nitrogen and oxygen atoms in total. The number of hydrogen-bond acceptors (Lipinski definition) is 2. The average molecular weight is 338 g/mol. The van der Waals surface area contributed by atoms with Gasteiger partial charge in [0.05, 0.1) is 0 Å². The standard InChI is InChI=1S/C3H2I2NS/c4-5-3-1-6-2-7-3/h1-2H/q-1. The van der Waals surface area contributed by atoms with Gasteiger partial charge in [-0.3, -0.25) is 0 Å². The number of hydrogen-bond donors (Lipinski definition) is 0. The van der Waals surface area contributed by atoms with E-state index in [4.69, 9.17) is 0 Å². The summed E-state index contributed by atoms with van der Waals surface area (Å²) < 4.78 is 1.46. The molecule has 0 aliphatic heterocycles. The molecule has 0 saturated carbocycles. The molecule has 7 heavy (non-hydrogen) atoms. The molecule has 0 saturated heterocycles. The summed E-state index contributed by atoms with van der Waals surface area (Å²) in [7, 11) is 0. The average Bonchev–Trinajstić information content (AvgIpc) is 2.14. The first-order valence-corrected chi connectivity index (χ1v) is 9.82. The minimum absolute atomic E-state index is 0.273. The van der Waals surface area contributed by atoms with Crippen LogP contribution in [0.3, 0.4) is 0 Å². The second-order valence-corrected chi connectivity index (χ2v) is 6.80. The Morgan fingerprint density at radius 3 is 3.00 bits per heavy atom. The van der Waals surface area contributed by atoms with E-state index >= 15 is 0 Å². The van der Waals surface area contributed by atoms with Crippen LogP contribution in [0.25, 0.3) is 0 Å². The first kappa shape index (κ1) is 6.21. The maximum atomic E-state index is 3.93.